The van der Waals surface area contributed by atoms with Gasteiger partial charge in [0.25, 0.3) is 5.91 Å². The van der Waals surface area contributed by atoms with Gasteiger partial charge in [-0.3, -0.25) is 4.79 Å². The van der Waals surface area contributed by atoms with Crippen molar-refractivity contribution in [2.24, 2.45) is 0 Å². The average molecular weight is 338 g/mol. The maximum Gasteiger partial charge on any atom is 0.274 e. The average Bonchev–Trinajstić information content (AvgIpc) is 2.52. The number of amides is 1. The summed E-state index contributed by atoms with van der Waals surface area (Å²) < 4.78 is 0. The number of nitrogens with zero attached hydrogens (tertiary/aromatic N) is 2. The van der Waals surface area contributed by atoms with Gasteiger partial charge in [-0.25, -0.2) is 4.98 Å². The van der Waals surface area contributed by atoms with Gasteiger partial charge in [0, 0.05) is 18.1 Å². The number of nitrogens with one attached hydrogen (secondary N) is 1. The van der Waals surface area contributed by atoms with Crippen molar-refractivity contribution >= 4 is 40.5 Å². The molecule has 6 heteroatoms. The van der Waals surface area contributed by atoms with E-state index in [1.165, 1.54) is 0 Å². The van der Waals surface area contributed by atoms with Crippen LogP contribution in [0.15, 0.2) is 36.5 Å². The zero-order valence-corrected chi connectivity index (χ0v) is 13.9. The minimum absolute atomic E-state index is 0.310. The van der Waals surface area contributed by atoms with Crippen LogP contribution in [0.2, 0.25) is 10.0 Å². The maximum absolute atomic E-state index is 12.2. The molecule has 0 fully saturated rings. The second-order valence-corrected chi connectivity index (χ2v) is 5.50. The molecule has 0 saturated carbocycles. The summed E-state index contributed by atoms with van der Waals surface area (Å²) in [5.41, 5.74) is 1.83. The third kappa shape index (κ3) is 3.90. The molecule has 0 spiro atoms. The number of anilines is 2. The molecule has 22 heavy (non-hydrogen) atoms. The lowest BCUT2D eigenvalue weighted by atomic mass is 10.2. The van der Waals surface area contributed by atoms with Crippen molar-refractivity contribution in [2.45, 2.75) is 13.8 Å². The van der Waals surface area contributed by atoms with Crippen molar-refractivity contribution in [1.82, 2.24) is 4.98 Å². The van der Waals surface area contributed by atoms with E-state index in [4.69, 9.17) is 23.2 Å². The molecule has 0 aliphatic rings. The summed E-state index contributed by atoms with van der Waals surface area (Å²) >= 11 is 11.9. The number of rotatable bonds is 5. The van der Waals surface area contributed by atoms with Crippen LogP contribution in [0.3, 0.4) is 0 Å². The Morgan fingerprint density at radius 3 is 2.45 bits per heavy atom. The Morgan fingerprint density at radius 1 is 1.18 bits per heavy atom. The largest absolute Gasteiger partial charge is 0.371 e. The first kappa shape index (κ1) is 16.6. The molecule has 0 bridgehead atoms. The van der Waals surface area contributed by atoms with E-state index < -0.39 is 0 Å². The highest BCUT2D eigenvalue weighted by atomic mass is 35.5. The van der Waals surface area contributed by atoms with Crippen LogP contribution in [-0.4, -0.2) is 24.0 Å². The molecule has 1 amide bonds. The molecule has 4 nitrogen and oxygen atoms in total. The Kier molecular flexibility index (Phi) is 5.63. The number of benzene rings is 1. The van der Waals surface area contributed by atoms with Gasteiger partial charge in [0.2, 0.25) is 0 Å². The van der Waals surface area contributed by atoms with E-state index in [9.17, 15) is 4.79 Å². The lowest BCUT2D eigenvalue weighted by Gasteiger charge is -2.20. The van der Waals surface area contributed by atoms with Crippen LogP contribution in [0.4, 0.5) is 11.4 Å². The Morgan fingerprint density at radius 2 is 1.91 bits per heavy atom. The SMILES string of the molecule is CCN(CC)c1ccc(C(=O)Nc2ccc(Cl)cc2Cl)nc1. The molecule has 0 aliphatic heterocycles. The molecule has 2 aromatic rings. The number of carbonyl (C=O) groups is 1. The quantitative estimate of drug-likeness (QED) is 0.874. The first-order chi connectivity index (χ1) is 10.5. The molecular weight excluding hydrogens is 321 g/mol. The fourth-order valence-electron chi connectivity index (χ4n) is 2.07. The zero-order valence-electron chi connectivity index (χ0n) is 12.4. The number of hydrogen-bond acceptors (Lipinski definition) is 3. The molecule has 2 rings (SSSR count). The second-order valence-electron chi connectivity index (χ2n) is 4.65. The van der Waals surface area contributed by atoms with E-state index >= 15 is 0 Å². The lowest BCUT2D eigenvalue weighted by Crippen LogP contribution is -2.22. The highest BCUT2D eigenvalue weighted by Crippen LogP contribution is 2.25. The first-order valence-electron chi connectivity index (χ1n) is 7.02. The topological polar surface area (TPSA) is 45.2 Å². The second kappa shape index (κ2) is 7.47. The van der Waals surface area contributed by atoms with Crippen molar-refractivity contribution in [3.63, 3.8) is 0 Å². The summed E-state index contributed by atoms with van der Waals surface area (Å²) in [6, 6.07) is 8.49. The summed E-state index contributed by atoms with van der Waals surface area (Å²) in [7, 11) is 0. The number of pyridine rings is 1. The molecule has 0 radical (unpaired) electrons. The van der Waals surface area contributed by atoms with Gasteiger partial charge in [-0.1, -0.05) is 23.2 Å². The molecular formula is C16H17Cl2N3O. The highest BCUT2D eigenvalue weighted by Gasteiger charge is 2.11. The Bertz CT molecular complexity index is 655. The zero-order chi connectivity index (χ0) is 16.1. The van der Waals surface area contributed by atoms with Crippen molar-refractivity contribution < 1.29 is 4.79 Å². The van der Waals surface area contributed by atoms with Crippen molar-refractivity contribution in [3.8, 4) is 0 Å². The van der Waals surface area contributed by atoms with E-state index in [2.05, 4.69) is 29.0 Å². The van der Waals surface area contributed by atoms with Gasteiger partial charge in [-0.2, -0.15) is 0 Å². The maximum atomic E-state index is 12.2. The summed E-state index contributed by atoms with van der Waals surface area (Å²) in [6.07, 6.45) is 1.70. The molecule has 1 aromatic carbocycles. The van der Waals surface area contributed by atoms with Crippen LogP contribution >= 0.6 is 23.2 Å². The number of hydrogen-bond donors (Lipinski definition) is 1. The predicted molar refractivity (Wildman–Crippen MR) is 92.2 cm³/mol. The van der Waals surface area contributed by atoms with Gasteiger partial charge < -0.3 is 10.2 Å². The van der Waals surface area contributed by atoms with E-state index in [0.717, 1.165) is 18.8 Å². The molecule has 1 heterocycles. The molecule has 0 atom stereocenters. The summed E-state index contributed by atoms with van der Waals surface area (Å²) in [5.74, 6) is -0.310. The normalized spacial score (nSPS) is 10.4. The van der Waals surface area contributed by atoms with Gasteiger partial charge >= 0.3 is 0 Å². The van der Waals surface area contributed by atoms with Crippen LogP contribution in [0.25, 0.3) is 0 Å². The van der Waals surface area contributed by atoms with E-state index in [1.54, 1.807) is 30.5 Å². The van der Waals surface area contributed by atoms with E-state index in [1.807, 2.05) is 6.07 Å². The van der Waals surface area contributed by atoms with Crippen molar-refractivity contribution in [2.75, 3.05) is 23.3 Å². The third-order valence-electron chi connectivity index (χ3n) is 3.29. The third-order valence-corrected chi connectivity index (χ3v) is 3.84. The first-order valence-corrected chi connectivity index (χ1v) is 7.78. The standard InChI is InChI=1S/C16H17Cl2N3O/c1-3-21(4-2)12-6-8-15(19-10-12)16(22)20-14-7-5-11(17)9-13(14)18/h5-10H,3-4H2,1-2H3,(H,20,22). The highest BCUT2D eigenvalue weighted by molar-refractivity contribution is 6.36. The van der Waals surface area contributed by atoms with E-state index in [0.29, 0.717) is 21.4 Å². The van der Waals surface area contributed by atoms with Crippen LogP contribution in [0.5, 0.6) is 0 Å². The monoisotopic (exact) mass is 337 g/mol. The van der Waals surface area contributed by atoms with Gasteiger partial charge in [0.05, 0.1) is 22.6 Å². The van der Waals surface area contributed by atoms with E-state index in [-0.39, 0.29) is 5.91 Å². The number of halogens is 2. The molecule has 116 valence electrons. The summed E-state index contributed by atoms with van der Waals surface area (Å²) in [6.45, 7) is 5.94. The Balaban J connectivity index is 2.13. The predicted octanol–water partition coefficient (Wildman–Crippen LogP) is 4.49. The molecule has 0 aliphatic carbocycles. The van der Waals surface area contributed by atoms with Gasteiger partial charge in [-0.15, -0.1) is 0 Å². The smallest absolute Gasteiger partial charge is 0.274 e. The molecule has 1 aromatic heterocycles. The van der Waals surface area contributed by atoms with Crippen molar-refractivity contribution in [3.05, 3.63) is 52.3 Å². The van der Waals surface area contributed by atoms with Crippen LogP contribution < -0.4 is 10.2 Å². The fraction of sp³-hybridized carbons (Fsp3) is 0.250. The number of aromatic nitrogens is 1. The van der Waals surface area contributed by atoms with Crippen molar-refractivity contribution in [1.29, 1.82) is 0 Å². The van der Waals surface area contributed by atoms with Crippen LogP contribution in [0, 0.1) is 0 Å². The minimum atomic E-state index is -0.310. The molecule has 0 unspecified atom stereocenters. The Labute approximate surface area is 140 Å². The molecule has 1 N–H and O–H groups in total. The fourth-order valence-corrected chi connectivity index (χ4v) is 2.53. The summed E-state index contributed by atoms with van der Waals surface area (Å²) in [4.78, 5) is 18.6. The van der Waals surface area contributed by atoms with Crippen LogP contribution in [-0.2, 0) is 0 Å². The number of carbonyl (C=O) groups excluding carboxylic acids is 1. The van der Waals surface area contributed by atoms with Crippen LogP contribution in [0.1, 0.15) is 24.3 Å². The molecule has 0 saturated heterocycles. The van der Waals surface area contributed by atoms with Gasteiger partial charge in [0.15, 0.2) is 0 Å². The summed E-state index contributed by atoms with van der Waals surface area (Å²) in [5, 5.41) is 3.63. The van der Waals surface area contributed by atoms with Gasteiger partial charge in [-0.05, 0) is 44.2 Å². The van der Waals surface area contributed by atoms with Gasteiger partial charge in [0.1, 0.15) is 5.69 Å². The lowest BCUT2D eigenvalue weighted by molar-refractivity contribution is 0.102. The minimum Gasteiger partial charge on any atom is -0.371 e. The Hall–Kier alpha value is -1.78.